The molecular formula is C9H6ClIN2O3S. The molecule has 0 amide bonds. The van der Waals surface area contributed by atoms with Gasteiger partial charge >= 0.3 is 5.97 Å². The summed E-state index contributed by atoms with van der Waals surface area (Å²) in [6, 6.07) is 3.17. The molecule has 2 aromatic heterocycles. The van der Waals surface area contributed by atoms with E-state index in [9.17, 15) is 4.79 Å². The molecule has 0 aliphatic carbocycles. The summed E-state index contributed by atoms with van der Waals surface area (Å²) >= 11 is 8.61. The second-order valence-corrected chi connectivity index (χ2v) is 5.38. The van der Waals surface area contributed by atoms with E-state index in [1.807, 2.05) is 0 Å². The number of carboxylic acid groups (broad SMARTS) is 1. The molecule has 1 N–H and O–H groups in total. The van der Waals surface area contributed by atoms with Crippen molar-refractivity contribution in [2.24, 2.45) is 0 Å². The van der Waals surface area contributed by atoms with Crippen LogP contribution in [0.1, 0.15) is 16.2 Å². The van der Waals surface area contributed by atoms with Crippen molar-refractivity contribution >= 4 is 63.8 Å². The summed E-state index contributed by atoms with van der Waals surface area (Å²) in [5.41, 5.74) is 1.27. The van der Waals surface area contributed by atoms with Gasteiger partial charge in [0.25, 0.3) is 0 Å². The molecule has 90 valence electrons. The smallest absolute Gasteiger partial charge is 0.353 e. The van der Waals surface area contributed by atoms with Crippen LogP contribution < -0.4 is 0 Å². The first kappa shape index (κ1) is 12.9. The first-order valence-electron chi connectivity index (χ1n) is 4.42. The molecule has 0 aliphatic heterocycles. The molecule has 0 radical (unpaired) electrons. The van der Waals surface area contributed by atoms with Gasteiger partial charge in [0.15, 0.2) is 5.65 Å². The van der Waals surface area contributed by atoms with Crippen molar-refractivity contribution in [1.82, 2.24) is 8.96 Å². The maximum Gasteiger partial charge on any atom is 0.353 e. The number of aryl methyl sites for hydroxylation is 1. The van der Waals surface area contributed by atoms with E-state index in [0.29, 0.717) is 21.7 Å². The van der Waals surface area contributed by atoms with Crippen LogP contribution >= 0.6 is 46.8 Å². The van der Waals surface area contributed by atoms with Gasteiger partial charge < -0.3 is 5.11 Å². The van der Waals surface area contributed by atoms with Crippen molar-refractivity contribution in [3.8, 4) is 0 Å². The molecule has 2 rings (SSSR count). The minimum atomic E-state index is -1.06. The van der Waals surface area contributed by atoms with Gasteiger partial charge in [-0.15, -0.1) is 0 Å². The predicted octanol–water partition coefficient (Wildman–Crippen LogP) is 3.47. The van der Waals surface area contributed by atoms with Crippen LogP contribution in [-0.4, -0.2) is 20.0 Å². The molecule has 0 bridgehead atoms. The van der Waals surface area contributed by atoms with E-state index in [1.165, 1.54) is 10.0 Å². The lowest BCUT2D eigenvalue weighted by Crippen LogP contribution is -2.03. The molecule has 0 spiro atoms. The zero-order valence-electron chi connectivity index (χ0n) is 8.48. The van der Waals surface area contributed by atoms with E-state index in [0.717, 1.165) is 12.2 Å². The second-order valence-electron chi connectivity index (χ2n) is 3.25. The lowest BCUT2D eigenvalue weighted by atomic mass is 10.3. The van der Waals surface area contributed by atoms with Gasteiger partial charge in [-0.2, -0.15) is 0 Å². The third kappa shape index (κ3) is 2.37. The molecule has 2 heterocycles. The Balaban J connectivity index is 2.79. The normalized spacial score (nSPS) is 11.0. The van der Waals surface area contributed by atoms with E-state index in [4.69, 9.17) is 19.2 Å². The lowest BCUT2D eigenvalue weighted by Gasteiger charge is -2.03. The fourth-order valence-corrected chi connectivity index (χ4v) is 2.73. The van der Waals surface area contributed by atoms with E-state index >= 15 is 0 Å². The monoisotopic (exact) mass is 384 g/mol. The fraction of sp³-hybridized carbons (Fsp3) is 0.111. The van der Waals surface area contributed by atoms with Gasteiger partial charge in [-0.1, -0.05) is 11.6 Å². The van der Waals surface area contributed by atoms with Crippen molar-refractivity contribution in [2.75, 3.05) is 0 Å². The summed E-state index contributed by atoms with van der Waals surface area (Å²) in [6.45, 7) is 1.79. The third-order valence-electron chi connectivity index (χ3n) is 2.13. The number of halogens is 2. The van der Waals surface area contributed by atoms with Gasteiger partial charge in [0.05, 0.1) is 5.02 Å². The number of hydrogen-bond acceptors (Lipinski definition) is 4. The van der Waals surface area contributed by atoms with E-state index in [1.54, 1.807) is 36.0 Å². The maximum absolute atomic E-state index is 11.1. The van der Waals surface area contributed by atoms with Gasteiger partial charge in [0.1, 0.15) is 40.9 Å². The lowest BCUT2D eigenvalue weighted by molar-refractivity contribution is 0.0690. The Morgan fingerprint density at radius 1 is 1.65 bits per heavy atom. The average Bonchev–Trinajstić information content (AvgIpc) is 2.58. The molecule has 0 saturated heterocycles. The molecule has 8 heteroatoms. The highest BCUT2D eigenvalue weighted by atomic mass is 127. The van der Waals surface area contributed by atoms with Crippen LogP contribution in [0.15, 0.2) is 12.1 Å². The topological polar surface area (TPSA) is 64.3 Å². The SMILES string of the molecule is Cc1cc(Cl)c2cc(C(=O)O)n(SOI)c2n1. The van der Waals surface area contributed by atoms with E-state index in [-0.39, 0.29) is 5.69 Å². The Bertz CT molecular complexity index is 601. The molecular weight excluding hydrogens is 379 g/mol. The summed E-state index contributed by atoms with van der Waals surface area (Å²) in [5, 5.41) is 10.2. The fourth-order valence-electron chi connectivity index (χ4n) is 1.48. The number of pyridine rings is 1. The Morgan fingerprint density at radius 3 is 2.94 bits per heavy atom. The van der Waals surface area contributed by atoms with Crippen LogP contribution in [0.25, 0.3) is 11.0 Å². The average molecular weight is 385 g/mol. The first-order chi connectivity index (χ1) is 8.04. The minimum Gasteiger partial charge on any atom is -0.477 e. The number of carboxylic acids is 1. The Kier molecular flexibility index (Phi) is 3.81. The highest BCUT2D eigenvalue weighted by molar-refractivity contribution is 14.1. The van der Waals surface area contributed by atoms with Crippen molar-refractivity contribution in [3.63, 3.8) is 0 Å². The maximum atomic E-state index is 11.1. The van der Waals surface area contributed by atoms with Crippen LogP contribution in [0, 0.1) is 6.92 Å². The van der Waals surface area contributed by atoms with Crippen LogP contribution in [0.4, 0.5) is 0 Å². The number of aromatic nitrogens is 2. The van der Waals surface area contributed by atoms with Crippen LogP contribution in [0.2, 0.25) is 5.02 Å². The van der Waals surface area contributed by atoms with Gasteiger partial charge in [0, 0.05) is 11.1 Å². The summed E-state index contributed by atoms with van der Waals surface area (Å²) in [6.07, 6.45) is 0. The third-order valence-corrected chi connectivity index (χ3v) is 3.50. The molecule has 0 saturated carbocycles. The number of rotatable bonds is 3. The van der Waals surface area contributed by atoms with Crippen LogP contribution in [0.3, 0.4) is 0 Å². The van der Waals surface area contributed by atoms with Gasteiger partial charge in [0.2, 0.25) is 0 Å². The van der Waals surface area contributed by atoms with Crippen LogP contribution in [0.5, 0.6) is 0 Å². The number of carbonyl (C=O) groups is 1. The Labute approximate surface area is 120 Å². The van der Waals surface area contributed by atoms with E-state index < -0.39 is 5.97 Å². The zero-order chi connectivity index (χ0) is 12.6. The molecule has 5 nitrogen and oxygen atoms in total. The molecule has 2 aromatic rings. The summed E-state index contributed by atoms with van der Waals surface area (Å²) in [5.74, 6) is -1.06. The Morgan fingerprint density at radius 2 is 2.35 bits per heavy atom. The zero-order valence-corrected chi connectivity index (χ0v) is 12.2. The first-order valence-corrected chi connectivity index (χ1v) is 6.38. The highest BCUT2D eigenvalue weighted by Crippen LogP contribution is 2.30. The summed E-state index contributed by atoms with van der Waals surface area (Å²) in [7, 11) is 0. The largest absolute Gasteiger partial charge is 0.477 e. The van der Waals surface area contributed by atoms with E-state index in [2.05, 4.69) is 4.98 Å². The quantitative estimate of drug-likeness (QED) is 0.648. The van der Waals surface area contributed by atoms with Crippen molar-refractivity contribution in [2.45, 2.75) is 6.92 Å². The minimum absolute atomic E-state index is 0.0710. The summed E-state index contributed by atoms with van der Waals surface area (Å²) in [4.78, 5) is 15.4. The van der Waals surface area contributed by atoms with Crippen molar-refractivity contribution in [3.05, 3.63) is 28.5 Å². The van der Waals surface area contributed by atoms with Crippen molar-refractivity contribution in [1.29, 1.82) is 0 Å². The molecule has 0 atom stereocenters. The number of hydrogen-bond donors (Lipinski definition) is 1. The van der Waals surface area contributed by atoms with Gasteiger partial charge in [-0.25, -0.2) is 16.3 Å². The molecule has 0 unspecified atom stereocenters. The van der Waals surface area contributed by atoms with Crippen molar-refractivity contribution < 1.29 is 12.4 Å². The molecule has 0 aromatic carbocycles. The van der Waals surface area contributed by atoms with Crippen LogP contribution in [-0.2, 0) is 2.51 Å². The molecule has 17 heavy (non-hydrogen) atoms. The molecule has 0 aliphatic rings. The standard InChI is InChI=1S/C9H6ClIN2O3S/c1-4-2-6(10)5-3-7(9(14)15)13(17-16-11)8(5)12-4/h2-3H,1H3,(H,14,15). The van der Waals surface area contributed by atoms with Gasteiger partial charge in [-0.3, -0.25) is 0 Å². The number of aromatic carboxylic acids is 1. The summed E-state index contributed by atoms with van der Waals surface area (Å²) < 4.78 is 6.26. The van der Waals surface area contributed by atoms with Gasteiger partial charge in [-0.05, 0) is 19.1 Å². The molecule has 0 fully saturated rings. The second kappa shape index (κ2) is 5.01. The predicted molar refractivity (Wildman–Crippen MR) is 74.5 cm³/mol. The highest BCUT2D eigenvalue weighted by Gasteiger charge is 2.18. The Hall–Kier alpha value is -0.510. The number of nitrogens with zero attached hydrogens (tertiary/aromatic N) is 2. The number of fused-ring (bicyclic) bond motifs is 1.